The SMILES string of the molecule is Nc1cccc(Cn2c(-c3ccccc3Cl)cc3ccc(OCc4cccc(C(F)(F)F)c4)cc32)n1. The fourth-order valence-electron chi connectivity index (χ4n) is 4.14. The van der Waals surface area contributed by atoms with Crippen molar-refractivity contribution in [2.75, 3.05) is 5.73 Å². The number of benzene rings is 3. The van der Waals surface area contributed by atoms with Gasteiger partial charge in [0.1, 0.15) is 18.2 Å². The number of nitrogens with two attached hydrogens (primary N) is 1. The van der Waals surface area contributed by atoms with Crippen LogP contribution in [0.15, 0.2) is 91.0 Å². The summed E-state index contributed by atoms with van der Waals surface area (Å²) in [6.45, 7) is 0.441. The van der Waals surface area contributed by atoms with Crippen LogP contribution in [0.3, 0.4) is 0 Å². The van der Waals surface area contributed by atoms with Crippen LogP contribution in [0.5, 0.6) is 5.75 Å². The van der Waals surface area contributed by atoms with Crippen LogP contribution in [0.25, 0.3) is 22.2 Å². The van der Waals surface area contributed by atoms with Gasteiger partial charge in [0.25, 0.3) is 0 Å². The molecule has 2 N–H and O–H groups in total. The number of nitrogen functional groups attached to an aromatic ring is 1. The molecule has 3 aromatic carbocycles. The summed E-state index contributed by atoms with van der Waals surface area (Å²) in [5, 5.41) is 1.57. The van der Waals surface area contributed by atoms with Gasteiger partial charge in [-0.25, -0.2) is 4.98 Å². The number of alkyl halides is 3. The molecule has 8 heteroatoms. The first-order valence-electron chi connectivity index (χ1n) is 11.2. The lowest BCUT2D eigenvalue weighted by Crippen LogP contribution is -2.06. The lowest BCUT2D eigenvalue weighted by atomic mass is 10.1. The van der Waals surface area contributed by atoms with Crippen LogP contribution in [0.4, 0.5) is 19.0 Å². The van der Waals surface area contributed by atoms with Crippen molar-refractivity contribution in [1.82, 2.24) is 9.55 Å². The number of fused-ring (bicyclic) bond motifs is 1. The molecule has 0 atom stereocenters. The Balaban J connectivity index is 1.52. The number of halogens is 4. The molecule has 2 aromatic heterocycles. The van der Waals surface area contributed by atoms with Crippen molar-refractivity contribution in [1.29, 1.82) is 0 Å². The first-order valence-corrected chi connectivity index (χ1v) is 11.5. The van der Waals surface area contributed by atoms with Crippen LogP contribution in [0.1, 0.15) is 16.8 Å². The molecule has 182 valence electrons. The third-order valence-electron chi connectivity index (χ3n) is 5.83. The van der Waals surface area contributed by atoms with Gasteiger partial charge in [0, 0.05) is 22.0 Å². The molecule has 36 heavy (non-hydrogen) atoms. The van der Waals surface area contributed by atoms with Crippen molar-refractivity contribution >= 4 is 28.3 Å². The maximum Gasteiger partial charge on any atom is 0.416 e. The second kappa shape index (κ2) is 9.59. The first kappa shape index (κ1) is 23.8. The number of rotatable bonds is 6. The average Bonchev–Trinajstić information content (AvgIpc) is 3.20. The molecule has 5 aromatic rings. The van der Waals surface area contributed by atoms with Crippen LogP contribution in [0, 0.1) is 0 Å². The summed E-state index contributed by atoms with van der Waals surface area (Å²) in [6.07, 6.45) is -4.40. The van der Waals surface area contributed by atoms with Crippen molar-refractivity contribution in [2.24, 2.45) is 0 Å². The van der Waals surface area contributed by atoms with Gasteiger partial charge in [0.2, 0.25) is 0 Å². The zero-order valence-corrected chi connectivity index (χ0v) is 19.7. The van der Waals surface area contributed by atoms with Crippen LogP contribution in [0.2, 0.25) is 5.02 Å². The van der Waals surface area contributed by atoms with Gasteiger partial charge in [-0.1, -0.05) is 48.0 Å². The standard InChI is InChI=1S/C28H21ClF3N3O/c29-24-9-2-1-8-23(24)26-14-19-11-12-22(36-17-18-5-3-6-20(13-18)28(30,31)32)15-25(19)35(26)16-21-7-4-10-27(33)34-21/h1-15H,16-17H2,(H2,33,34). The molecule has 4 nitrogen and oxygen atoms in total. The number of ether oxygens (including phenoxy) is 1. The minimum Gasteiger partial charge on any atom is -0.489 e. The van der Waals surface area contributed by atoms with Gasteiger partial charge in [-0.15, -0.1) is 0 Å². The van der Waals surface area contributed by atoms with Gasteiger partial charge in [0.15, 0.2) is 0 Å². The highest BCUT2D eigenvalue weighted by Gasteiger charge is 2.30. The molecule has 0 fully saturated rings. The van der Waals surface area contributed by atoms with E-state index in [1.54, 1.807) is 18.2 Å². The van der Waals surface area contributed by atoms with E-state index < -0.39 is 11.7 Å². The van der Waals surface area contributed by atoms with E-state index in [1.165, 1.54) is 6.07 Å². The summed E-state index contributed by atoms with van der Waals surface area (Å²) in [6, 6.07) is 25.8. The number of aromatic nitrogens is 2. The van der Waals surface area contributed by atoms with E-state index in [9.17, 15) is 13.2 Å². The highest BCUT2D eigenvalue weighted by atomic mass is 35.5. The van der Waals surface area contributed by atoms with Crippen LogP contribution < -0.4 is 10.5 Å². The van der Waals surface area contributed by atoms with Gasteiger partial charge in [0.05, 0.1) is 29.0 Å². The number of hydrogen-bond donors (Lipinski definition) is 1. The summed E-state index contributed by atoms with van der Waals surface area (Å²) in [5.41, 5.74) is 9.04. The van der Waals surface area contributed by atoms with E-state index in [2.05, 4.69) is 9.55 Å². The Morgan fingerprint density at radius 3 is 2.47 bits per heavy atom. The largest absolute Gasteiger partial charge is 0.489 e. The molecule has 0 radical (unpaired) electrons. The maximum atomic E-state index is 13.1. The monoisotopic (exact) mass is 507 g/mol. The van der Waals surface area contributed by atoms with Crippen LogP contribution in [-0.4, -0.2) is 9.55 Å². The third-order valence-corrected chi connectivity index (χ3v) is 6.16. The highest BCUT2D eigenvalue weighted by molar-refractivity contribution is 6.33. The van der Waals surface area contributed by atoms with Crippen LogP contribution in [-0.2, 0) is 19.3 Å². The molecule has 0 aliphatic rings. The van der Waals surface area contributed by atoms with Gasteiger partial charge >= 0.3 is 6.18 Å². The van der Waals surface area contributed by atoms with Gasteiger partial charge < -0.3 is 15.0 Å². The molecule has 5 rings (SSSR count). The topological polar surface area (TPSA) is 53.1 Å². The summed E-state index contributed by atoms with van der Waals surface area (Å²) in [5.74, 6) is 0.957. The molecule has 0 saturated carbocycles. The zero-order chi connectivity index (χ0) is 25.3. The first-order chi connectivity index (χ1) is 17.3. The Bertz CT molecular complexity index is 1550. The predicted octanol–water partition coefficient (Wildman–Crippen LogP) is 7.59. The number of nitrogens with zero attached hydrogens (tertiary/aromatic N) is 2. The van der Waals surface area contributed by atoms with E-state index in [0.29, 0.717) is 28.7 Å². The normalized spacial score (nSPS) is 11.7. The van der Waals surface area contributed by atoms with E-state index >= 15 is 0 Å². The molecule has 0 spiro atoms. The maximum absolute atomic E-state index is 13.1. The van der Waals surface area contributed by atoms with Gasteiger partial charge in [-0.05, 0) is 54.1 Å². The van der Waals surface area contributed by atoms with Crippen molar-refractivity contribution < 1.29 is 17.9 Å². The molecule has 0 bridgehead atoms. The van der Waals surface area contributed by atoms with Gasteiger partial charge in [-0.2, -0.15) is 13.2 Å². The Kier molecular flexibility index (Phi) is 6.33. The Morgan fingerprint density at radius 2 is 1.69 bits per heavy atom. The second-order valence-electron chi connectivity index (χ2n) is 8.36. The average molecular weight is 508 g/mol. The molecular weight excluding hydrogens is 487 g/mol. The molecular formula is C28H21ClF3N3O. The third kappa shape index (κ3) is 5.02. The molecule has 0 aliphatic carbocycles. The fraction of sp³-hybridized carbons (Fsp3) is 0.107. The quantitative estimate of drug-likeness (QED) is 0.257. The Morgan fingerprint density at radius 1 is 0.889 bits per heavy atom. The molecule has 0 aliphatic heterocycles. The van der Waals surface area contributed by atoms with Crippen LogP contribution >= 0.6 is 11.6 Å². The second-order valence-corrected chi connectivity index (χ2v) is 8.76. The number of pyridine rings is 1. The van der Waals surface area contributed by atoms with Crippen molar-refractivity contribution in [3.05, 3.63) is 113 Å². The molecule has 0 saturated heterocycles. The van der Waals surface area contributed by atoms with Crippen molar-refractivity contribution in [3.8, 4) is 17.0 Å². The van der Waals surface area contributed by atoms with Crippen molar-refractivity contribution in [3.63, 3.8) is 0 Å². The molecule has 2 heterocycles. The lowest BCUT2D eigenvalue weighted by molar-refractivity contribution is -0.137. The minimum atomic E-state index is -4.40. The number of hydrogen-bond acceptors (Lipinski definition) is 3. The lowest BCUT2D eigenvalue weighted by Gasteiger charge is -2.13. The van der Waals surface area contributed by atoms with Gasteiger partial charge in [-0.3, -0.25) is 0 Å². The number of anilines is 1. The highest BCUT2D eigenvalue weighted by Crippen LogP contribution is 2.35. The smallest absolute Gasteiger partial charge is 0.416 e. The van der Waals surface area contributed by atoms with E-state index in [4.69, 9.17) is 22.1 Å². The fourth-order valence-corrected chi connectivity index (χ4v) is 4.37. The Hall–Kier alpha value is -3.97. The summed E-state index contributed by atoms with van der Waals surface area (Å²) >= 11 is 6.53. The van der Waals surface area contributed by atoms with E-state index in [1.807, 2.05) is 54.6 Å². The minimum absolute atomic E-state index is 0.00425. The predicted molar refractivity (Wildman–Crippen MR) is 136 cm³/mol. The van der Waals surface area contributed by atoms with E-state index in [-0.39, 0.29) is 6.61 Å². The Labute approximate surface area is 210 Å². The van der Waals surface area contributed by atoms with E-state index in [0.717, 1.165) is 40.0 Å². The summed E-state index contributed by atoms with van der Waals surface area (Å²) in [4.78, 5) is 4.44. The summed E-state index contributed by atoms with van der Waals surface area (Å²) < 4.78 is 47.1. The summed E-state index contributed by atoms with van der Waals surface area (Å²) in [7, 11) is 0. The zero-order valence-electron chi connectivity index (χ0n) is 19.0. The van der Waals surface area contributed by atoms with Crippen molar-refractivity contribution in [2.45, 2.75) is 19.3 Å². The molecule has 0 amide bonds. The molecule has 0 unspecified atom stereocenters.